The molecular weight excluding hydrogens is 302 g/mol. The standard InChI is InChI=1S/C14H15Cl2FN2O/c15-10-4-8(17)5-11(16)13(10)19-14(20)12-9-3-1-2-7(9)6-18-12/h4-5,7,9,12,18H,1-3,6H2,(H,19,20). The predicted molar refractivity (Wildman–Crippen MR) is 77.7 cm³/mol. The second kappa shape index (κ2) is 5.51. The van der Waals surface area contributed by atoms with E-state index in [0.717, 1.165) is 25.1 Å². The zero-order valence-corrected chi connectivity index (χ0v) is 12.3. The van der Waals surface area contributed by atoms with Gasteiger partial charge in [0.2, 0.25) is 5.91 Å². The molecule has 0 aromatic heterocycles. The van der Waals surface area contributed by atoms with Crippen molar-refractivity contribution in [2.45, 2.75) is 25.3 Å². The first kappa shape index (κ1) is 14.1. The minimum absolute atomic E-state index is 0.115. The van der Waals surface area contributed by atoms with Gasteiger partial charge in [-0.05, 0) is 43.4 Å². The number of hydrogen-bond donors (Lipinski definition) is 2. The summed E-state index contributed by atoms with van der Waals surface area (Å²) >= 11 is 11.9. The lowest BCUT2D eigenvalue weighted by Gasteiger charge is -2.18. The normalized spacial score (nSPS) is 28.4. The molecule has 1 heterocycles. The summed E-state index contributed by atoms with van der Waals surface area (Å²) in [4.78, 5) is 12.4. The predicted octanol–water partition coefficient (Wildman–Crippen LogP) is 3.46. The van der Waals surface area contributed by atoms with Gasteiger partial charge < -0.3 is 10.6 Å². The molecule has 0 bridgehead atoms. The molecule has 0 spiro atoms. The highest BCUT2D eigenvalue weighted by Gasteiger charge is 2.42. The molecule has 3 unspecified atom stereocenters. The summed E-state index contributed by atoms with van der Waals surface area (Å²) in [7, 11) is 0. The van der Waals surface area contributed by atoms with E-state index in [-0.39, 0.29) is 27.7 Å². The number of anilines is 1. The number of halogens is 3. The van der Waals surface area contributed by atoms with Crippen molar-refractivity contribution in [3.05, 3.63) is 28.0 Å². The molecule has 1 aromatic carbocycles. The highest BCUT2D eigenvalue weighted by Crippen LogP contribution is 2.38. The molecule has 2 aliphatic rings. The van der Waals surface area contributed by atoms with Gasteiger partial charge in [-0.15, -0.1) is 0 Å². The van der Waals surface area contributed by atoms with Crippen molar-refractivity contribution in [3.8, 4) is 0 Å². The summed E-state index contributed by atoms with van der Waals surface area (Å²) in [5, 5.41) is 6.22. The fourth-order valence-corrected chi connectivity index (χ4v) is 3.89. The fourth-order valence-electron chi connectivity index (χ4n) is 3.34. The van der Waals surface area contributed by atoms with Crippen LogP contribution in [0.1, 0.15) is 19.3 Å². The summed E-state index contributed by atoms with van der Waals surface area (Å²) in [5.41, 5.74) is 0.281. The highest BCUT2D eigenvalue weighted by molar-refractivity contribution is 6.39. The van der Waals surface area contributed by atoms with Gasteiger partial charge in [0, 0.05) is 0 Å². The van der Waals surface area contributed by atoms with Crippen LogP contribution in [0.5, 0.6) is 0 Å². The van der Waals surface area contributed by atoms with Crippen LogP contribution < -0.4 is 10.6 Å². The molecule has 1 amide bonds. The van der Waals surface area contributed by atoms with Crippen molar-refractivity contribution in [1.29, 1.82) is 0 Å². The molecule has 1 aliphatic heterocycles. The average molecular weight is 317 g/mol. The second-order valence-corrected chi connectivity index (χ2v) is 6.29. The Labute approximate surface area is 126 Å². The molecule has 2 fully saturated rings. The Balaban J connectivity index is 1.76. The largest absolute Gasteiger partial charge is 0.322 e. The molecule has 108 valence electrons. The third kappa shape index (κ3) is 2.52. The minimum Gasteiger partial charge on any atom is -0.322 e. The van der Waals surface area contributed by atoms with E-state index < -0.39 is 5.82 Å². The Hall–Kier alpha value is -0.840. The molecule has 2 N–H and O–H groups in total. The number of fused-ring (bicyclic) bond motifs is 1. The van der Waals surface area contributed by atoms with Crippen LogP contribution >= 0.6 is 23.2 Å². The number of amides is 1. The van der Waals surface area contributed by atoms with Gasteiger partial charge in [0.25, 0.3) is 0 Å². The SMILES string of the molecule is O=C(Nc1c(Cl)cc(F)cc1Cl)C1NCC2CCCC21. The van der Waals surface area contributed by atoms with Crippen molar-refractivity contribution >= 4 is 34.8 Å². The van der Waals surface area contributed by atoms with E-state index >= 15 is 0 Å². The van der Waals surface area contributed by atoms with Crippen LogP contribution in [0, 0.1) is 17.7 Å². The number of hydrogen-bond acceptors (Lipinski definition) is 2. The topological polar surface area (TPSA) is 41.1 Å². The van der Waals surface area contributed by atoms with E-state index in [1.807, 2.05) is 0 Å². The molecule has 3 nitrogen and oxygen atoms in total. The Morgan fingerprint density at radius 3 is 2.70 bits per heavy atom. The maximum absolute atomic E-state index is 13.1. The van der Waals surface area contributed by atoms with Gasteiger partial charge in [0.1, 0.15) is 5.82 Å². The maximum atomic E-state index is 13.1. The highest BCUT2D eigenvalue weighted by atomic mass is 35.5. The van der Waals surface area contributed by atoms with Crippen LogP contribution in [0.15, 0.2) is 12.1 Å². The monoisotopic (exact) mass is 316 g/mol. The van der Waals surface area contributed by atoms with Crippen LogP contribution in [-0.4, -0.2) is 18.5 Å². The van der Waals surface area contributed by atoms with Gasteiger partial charge in [-0.2, -0.15) is 0 Å². The molecule has 1 saturated heterocycles. The Bertz CT molecular complexity index is 529. The van der Waals surface area contributed by atoms with Gasteiger partial charge >= 0.3 is 0 Å². The molecule has 0 radical (unpaired) electrons. The van der Waals surface area contributed by atoms with Gasteiger partial charge in [-0.25, -0.2) is 4.39 Å². The summed E-state index contributed by atoms with van der Waals surface area (Å²) in [6.07, 6.45) is 3.43. The molecule has 20 heavy (non-hydrogen) atoms. The van der Waals surface area contributed by atoms with Gasteiger partial charge in [0.05, 0.1) is 21.8 Å². The maximum Gasteiger partial charge on any atom is 0.241 e. The minimum atomic E-state index is -0.521. The van der Waals surface area contributed by atoms with Gasteiger partial charge in [-0.1, -0.05) is 29.6 Å². The summed E-state index contributed by atoms with van der Waals surface area (Å²) in [6, 6.07) is 2.08. The number of rotatable bonds is 2. The van der Waals surface area contributed by atoms with Crippen molar-refractivity contribution in [2.75, 3.05) is 11.9 Å². The second-order valence-electron chi connectivity index (χ2n) is 5.47. The van der Waals surface area contributed by atoms with E-state index in [9.17, 15) is 9.18 Å². The van der Waals surface area contributed by atoms with Crippen LogP contribution in [0.3, 0.4) is 0 Å². The van der Waals surface area contributed by atoms with Crippen LogP contribution in [-0.2, 0) is 4.79 Å². The molecule has 1 saturated carbocycles. The number of carbonyl (C=O) groups excluding carboxylic acids is 1. The Morgan fingerprint density at radius 2 is 2.00 bits per heavy atom. The fraction of sp³-hybridized carbons (Fsp3) is 0.500. The number of nitrogens with one attached hydrogen (secondary N) is 2. The molecule has 1 aliphatic carbocycles. The van der Waals surface area contributed by atoms with E-state index in [1.54, 1.807) is 0 Å². The van der Waals surface area contributed by atoms with Crippen molar-refractivity contribution < 1.29 is 9.18 Å². The quantitative estimate of drug-likeness (QED) is 0.877. The van der Waals surface area contributed by atoms with Crippen LogP contribution in [0.25, 0.3) is 0 Å². The zero-order chi connectivity index (χ0) is 14.3. The third-order valence-corrected chi connectivity index (χ3v) is 4.88. The zero-order valence-electron chi connectivity index (χ0n) is 10.8. The molecule has 3 atom stereocenters. The number of benzene rings is 1. The van der Waals surface area contributed by atoms with E-state index in [2.05, 4.69) is 10.6 Å². The van der Waals surface area contributed by atoms with Crippen LogP contribution in [0.2, 0.25) is 10.0 Å². The van der Waals surface area contributed by atoms with Crippen LogP contribution in [0.4, 0.5) is 10.1 Å². The van der Waals surface area contributed by atoms with Gasteiger partial charge in [-0.3, -0.25) is 4.79 Å². The summed E-state index contributed by atoms with van der Waals surface area (Å²) < 4.78 is 13.1. The Kier molecular flexibility index (Phi) is 3.89. The smallest absolute Gasteiger partial charge is 0.241 e. The van der Waals surface area contributed by atoms with Crippen molar-refractivity contribution in [3.63, 3.8) is 0 Å². The molecule has 6 heteroatoms. The van der Waals surface area contributed by atoms with E-state index in [0.29, 0.717) is 11.8 Å². The molecule has 1 aromatic rings. The van der Waals surface area contributed by atoms with E-state index in [1.165, 1.54) is 12.8 Å². The lowest BCUT2D eigenvalue weighted by Crippen LogP contribution is -2.39. The molecular formula is C14H15Cl2FN2O. The lowest BCUT2D eigenvalue weighted by atomic mass is 9.93. The summed E-state index contributed by atoms with van der Waals surface area (Å²) in [6.45, 7) is 0.883. The average Bonchev–Trinajstić information content (AvgIpc) is 2.95. The first-order valence-electron chi connectivity index (χ1n) is 6.75. The first-order chi connectivity index (χ1) is 9.56. The van der Waals surface area contributed by atoms with Crippen molar-refractivity contribution in [1.82, 2.24) is 5.32 Å². The Morgan fingerprint density at radius 1 is 1.30 bits per heavy atom. The van der Waals surface area contributed by atoms with Gasteiger partial charge in [0.15, 0.2) is 0 Å². The van der Waals surface area contributed by atoms with E-state index in [4.69, 9.17) is 23.2 Å². The lowest BCUT2D eigenvalue weighted by molar-refractivity contribution is -0.118. The number of carbonyl (C=O) groups is 1. The third-order valence-electron chi connectivity index (χ3n) is 4.28. The van der Waals surface area contributed by atoms with Crippen molar-refractivity contribution in [2.24, 2.45) is 11.8 Å². The first-order valence-corrected chi connectivity index (χ1v) is 7.50. The summed E-state index contributed by atoms with van der Waals surface area (Å²) in [5.74, 6) is 0.306. The molecule has 3 rings (SSSR count).